The first-order chi connectivity index (χ1) is 8.40. The predicted molar refractivity (Wildman–Crippen MR) is 64.0 cm³/mol. The number of imide groups is 1. The Labute approximate surface area is 105 Å². The molecule has 0 aliphatic rings. The average molecular weight is 258 g/mol. The van der Waals surface area contributed by atoms with Crippen LogP contribution in [0.15, 0.2) is 11.1 Å². The number of carbonyl (C=O) groups excluding carboxylic acids is 2. The molecule has 0 aliphatic carbocycles. The lowest BCUT2D eigenvalue weighted by Gasteiger charge is -2.07. The lowest BCUT2D eigenvalue weighted by molar-refractivity contribution is -0.133. The monoisotopic (exact) mass is 258 g/mol. The normalized spacial score (nSPS) is 11.5. The Kier molecular flexibility index (Phi) is 7.37. The van der Waals surface area contributed by atoms with Crippen molar-refractivity contribution < 1.29 is 24.2 Å². The zero-order valence-corrected chi connectivity index (χ0v) is 10.7. The number of hydrogen-bond donors (Lipinski definition) is 3. The van der Waals surface area contributed by atoms with E-state index < -0.39 is 17.9 Å². The molecule has 3 N–H and O–H groups in total. The Morgan fingerprint density at radius 2 is 1.78 bits per heavy atom. The van der Waals surface area contributed by atoms with Gasteiger partial charge in [-0.3, -0.25) is 10.1 Å². The molecular formula is C11H18N2O5. The Morgan fingerprint density at radius 1 is 1.17 bits per heavy atom. The Bertz CT molecular complexity index is 362. The molecule has 7 nitrogen and oxygen atoms in total. The van der Waals surface area contributed by atoms with Crippen LogP contribution in [0, 0.1) is 0 Å². The van der Waals surface area contributed by atoms with E-state index in [1.807, 2.05) is 5.32 Å². The van der Waals surface area contributed by atoms with Gasteiger partial charge in [-0.1, -0.05) is 0 Å². The molecule has 0 atom stereocenters. The van der Waals surface area contributed by atoms with Crippen molar-refractivity contribution in [3.8, 4) is 0 Å². The van der Waals surface area contributed by atoms with Gasteiger partial charge < -0.3 is 15.2 Å². The number of amides is 3. The molecule has 102 valence electrons. The largest absolute Gasteiger partial charge is 0.478 e. The maximum Gasteiger partial charge on any atom is 0.331 e. The van der Waals surface area contributed by atoms with Gasteiger partial charge in [-0.25, -0.2) is 9.59 Å². The molecule has 0 aliphatic heterocycles. The number of hydrogen-bond acceptors (Lipinski definition) is 4. The number of ether oxygens (including phenoxy) is 1. The smallest absolute Gasteiger partial charge is 0.331 e. The molecule has 0 bridgehead atoms. The van der Waals surface area contributed by atoms with E-state index in [4.69, 9.17) is 9.84 Å². The summed E-state index contributed by atoms with van der Waals surface area (Å²) in [6.07, 6.45) is 0.626. The van der Waals surface area contributed by atoms with Crippen LogP contribution < -0.4 is 10.6 Å². The maximum atomic E-state index is 11.5. The van der Waals surface area contributed by atoms with Gasteiger partial charge in [0.2, 0.25) is 0 Å². The van der Waals surface area contributed by atoms with Gasteiger partial charge in [0.05, 0.1) is 0 Å². The number of carbonyl (C=O) groups is 3. The van der Waals surface area contributed by atoms with Gasteiger partial charge in [-0.2, -0.15) is 0 Å². The van der Waals surface area contributed by atoms with Crippen molar-refractivity contribution in [2.24, 2.45) is 0 Å². The van der Waals surface area contributed by atoms with Gasteiger partial charge in [0.15, 0.2) is 0 Å². The molecule has 0 aromatic carbocycles. The minimum absolute atomic E-state index is 0.00505. The first kappa shape index (κ1) is 16.1. The predicted octanol–water partition coefficient (Wildman–Crippen LogP) is 0.270. The number of rotatable bonds is 6. The molecule has 0 radical (unpaired) electrons. The quantitative estimate of drug-likeness (QED) is 0.468. The fourth-order valence-corrected chi connectivity index (χ4v) is 0.990. The van der Waals surface area contributed by atoms with Gasteiger partial charge >= 0.3 is 12.0 Å². The zero-order valence-electron chi connectivity index (χ0n) is 10.7. The lowest BCUT2D eigenvalue weighted by Crippen LogP contribution is -2.40. The molecule has 0 heterocycles. The van der Waals surface area contributed by atoms with Gasteiger partial charge in [-0.15, -0.1) is 0 Å². The summed E-state index contributed by atoms with van der Waals surface area (Å²) in [5.41, 5.74) is -0.103. The summed E-state index contributed by atoms with van der Waals surface area (Å²) in [7, 11) is 1.55. The maximum absolute atomic E-state index is 11.5. The second-order valence-corrected chi connectivity index (χ2v) is 3.61. The lowest BCUT2D eigenvalue weighted by atomic mass is 10.1. The van der Waals surface area contributed by atoms with E-state index >= 15 is 0 Å². The van der Waals surface area contributed by atoms with Crippen LogP contribution in [0.4, 0.5) is 4.79 Å². The second kappa shape index (κ2) is 8.24. The van der Waals surface area contributed by atoms with E-state index in [2.05, 4.69) is 5.32 Å². The highest BCUT2D eigenvalue weighted by molar-refractivity contribution is 6.07. The number of carboxylic acids is 1. The van der Waals surface area contributed by atoms with Crippen LogP contribution in [0.1, 0.15) is 20.3 Å². The standard InChI is InChI=1S/C11H18N2O5/c1-7(8(2)10(15)16)9(14)13-11(17)12-5-4-6-18-3/h4-6H2,1-3H3,(H,15,16)(H2,12,13,14,17). The Balaban J connectivity index is 4.20. The minimum atomic E-state index is -1.19. The van der Waals surface area contributed by atoms with E-state index in [9.17, 15) is 14.4 Å². The summed E-state index contributed by atoms with van der Waals surface area (Å²) in [5, 5.41) is 13.2. The third kappa shape index (κ3) is 6.00. The highest BCUT2D eigenvalue weighted by Gasteiger charge is 2.14. The molecule has 0 aromatic rings. The van der Waals surface area contributed by atoms with Crippen molar-refractivity contribution in [1.29, 1.82) is 0 Å². The highest BCUT2D eigenvalue weighted by Crippen LogP contribution is 2.03. The van der Waals surface area contributed by atoms with E-state index in [0.717, 1.165) is 0 Å². The van der Waals surface area contributed by atoms with Crippen molar-refractivity contribution in [2.75, 3.05) is 20.3 Å². The van der Waals surface area contributed by atoms with E-state index in [-0.39, 0.29) is 11.1 Å². The number of aliphatic carboxylic acids is 1. The molecule has 0 saturated carbocycles. The molecule has 0 unspecified atom stereocenters. The fraction of sp³-hybridized carbons (Fsp3) is 0.545. The SMILES string of the molecule is COCCCNC(=O)NC(=O)C(C)=C(C)C(=O)O. The number of urea groups is 1. The van der Waals surface area contributed by atoms with Gasteiger partial charge in [-0.05, 0) is 20.3 Å². The first-order valence-corrected chi connectivity index (χ1v) is 5.39. The number of carboxylic acid groups (broad SMARTS) is 1. The molecule has 18 heavy (non-hydrogen) atoms. The van der Waals surface area contributed by atoms with Crippen LogP contribution >= 0.6 is 0 Å². The van der Waals surface area contributed by atoms with Crippen molar-refractivity contribution in [1.82, 2.24) is 10.6 Å². The van der Waals surface area contributed by atoms with Gasteiger partial charge in [0.1, 0.15) is 0 Å². The summed E-state index contributed by atoms with van der Waals surface area (Å²) in [6.45, 7) is 3.52. The number of nitrogens with one attached hydrogen (secondary N) is 2. The Morgan fingerprint density at radius 3 is 2.28 bits per heavy atom. The van der Waals surface area contributed by atoms with Crippen LogP contribution in [-0.4, -0.2) is 43.3 Å². The minimum Gasteiger partial charge on any atom is -0.478 e. The highest BCUT2D eigenvalue weighted by atomic mass is 16.5. The van der Waals surface area contributed by atoms with Crippen LogP contribution in [-0.2, 0) is 14.3 Å². The first-order valence-electron chi connectivity index (χ1n) is 5.39. The summed E-state index contributed by atoms with van der Waals surface area (Å²) < 4.78 is 4.79. The molecule has 0 saturated heterocycles. The van der Waals surface area contributed by atoms with Gasteiger partial charge in [0, 0.05) is 31.4 Å². The molecule has 0 rings (SSSR count). The van der Waals surface area contributed by atoms with E-state index in [1.54, 1.807) is 7.11 Å². The second-order valence-electron chi connectivity index (χ2n) is 3.61. The Hall–Kier alpha value is -1.89. The fourth-order valence-electron chi connectivity index (χ4n) is 0.990. The van der Waals surface area contributed by atoms with Crippen molar-refractivity contribution in [3.63, 3.8) is 0 Å². The summed E-state index contributed by atoms with van der Waals surface area (Å²) >= 11 is 0. The molecule has 0 fully saturated rings. The van der Waals surface area contributed by atoms with E-state index in [1.165, 1.54) is 13.8 Å². The van der Waals surface area contributed by atoms with E-state index in [0.29, 0.717) is 19.6 Å². The third-order valence-electron chi connectivity index (χ3n) is 2.26. The van der Waals surface area contributed by atoms with Crippen LogP contribution in [0.2, 0.25) is 0 Å². The molecule has 7 heteroatoms. The molecular weight excluding hydrogens is 240 g/mol. The summed E-state index contributed by atoms with van der Waals surface area (Å²) in [5.74, 6) is -1.91. The molecule has 3 amide bonds. The third-order valence-corrected chi connectivity index (χ3v) is 2.26. The van der Waals surface area contributed by atoms with Crippen molar-refractivity contribution in [3.05, 3.63) is 11.1 Å². The summed E-state index contributed by atoms with van der Waals surface area (Å²) in [4.78, 5) is 33.4. The van der Waals surface area contributed by atoms with Crippen molar-refractivity contribution >= 4 is 17.9 Å². The van der Waals surface area contributed by atoms with Gasteiger partial charge in [0.25, 0.3) is 5.91 Å². The van der Waals surface area contributed by atoms with Crippen molar-refractivity contribution in [2.45, 2.75) is 20.3 Å². The van der Waals surface area contributed by atoms with Crippen LogP contribution in [0.25, 0.3) is 0 Å². The average Bonchev–Trinajstić information content (AvgIpc) is 2.32. The van der Waals surface area contributed by atoms with Crippen LogP contribution in [0.5, 0.6) is 0 Å². The molecule has 0 spiro atoms. The topological polar surface area (TPSA) is 105 Å². The number of methoxy groups -OCH3 is 1. The summed E-state index contributed by atoms with van der Waals surface area (Å²) in [6, 6.07) is -0.659. The zero-order chi connectivity index (χ0) is 14.1. The van der Waals surface area contributed by atoms with Crippen LogP contribution in [0.3, 0.4) is 0 Å². The molecule has 0 aromatic heterocycles.